The third kappa shape index (κ3) is 6.12. The van der Waals surface area contributed by atoms with E-state index < -0.39 is 20.5 Å². The lowest BCUT2D eigenvalue weighted by Gasteiger charge is -2.37. The van der Waals surface area contributed by atoms with E-state index in [1.54, 1.807) is 0 Å². The van der Waals surface area contributed by atoms with Crippen LogP contribution in [0.5, 0.6) is 5.75 Å². The number of azide groups is 1. The van der Waals surface area contributed by atoms with Gasteiger partial charge in [0.15, 0.2) is 8.32 Å². The summed E-state index contributed by atoms with van der Waals surface area (Å²) in [6, 6.07) is 4.73. The number of ether oxygens (including phenoxy) is 1. The maximum absolute atomic E-state index is 12.8. The van der Waals surface area contributed by atoms with Crippen LogP contribution < -0.4 is 4.74 Å². The molecule has 0 saturated carbocycles. The first-order valence-electron chi connectivity index (χ1n) is 7.81. The summed E-state index contributed by atoms with van der Waals surface area (Å²) in [5.41, 5.74) is 8.71. The summed E-state index contributed by atoms with van der Waals surface area (Å²) >= 11 is 0. The van der Waals surface area contributed by atoms with Crippen molar-refractivity contribution in [3.8, 4) is 5.75 Å². The largest absolute Gasteiger partial charge is 0.491 e. The molecule has 8 heteroatoms. The number of aliphatic hydroxyl groups is 1. The van der Waals surface area contributed by atoms with Crippen LogP contribution in [0.15, 0.2) is 29.4 Å². The lowest BCUT2D eigenvalue weighted by molar-refractivity contribution is 0.0660. The van der Waals surface area contributed by atoms with Crippen LogP contribution in [0.1, 0.15) is 20.8 Å². The third-order valence-corrected chi connectivity index (χ3v) is 8.80. The maximum Gasteiger partial charge on any atom is 0.191 e. The number of aliphatic hydroxyl groups excluding tert-OH is 1. The van der Waals surface area contributed by atoms with Gasteiger partial charge >= 0.3 is 0 Å². The SMILES string of the molecule is CC(C)(C)[Si](C)(C)OC[C@H](N=[N+]=[N-])[C@H](O)COc1ccc(F)cc1. The zero-order chi connectivity index (χ0) is 18.4. The second kappa shape index (κ2) is 8.48. The van der Waals surface area contributed by atoms with E-state index in [2.05, 4.69) is 43.9 Å². The minimum Gasteiger partial charge on any atom is -0.491 e. The Morgan fingerprint density at radius 2 is 1.83 bits per heavy atom. The van der Waals surface area contributed by atoms with Gasteiger partial charge in [-0.1, -0.05) is 25.9 Å². The molecule has 134 valence electrons. The van der Waals surface area contributed by atoms with Crippen molar-refractivity contribution in [3.05, 3.63) is 40.5 Å². The Hall–Kier alpha value is -1.60. The molecule has 0 aliphatic rings. The van der Waals surface area contributed by atoms with Crippen LogP contribution in [-0.2, 0) is 4.43 Å². The zero-order valence-electron chi connectivity index (χ0n) is 14.9. The van der Waals surface area contributed by atoms with E-state index in [9.17, 15) is 9.50 Å². The molecule has 1 N–H and O–H groups in total. The maximum atomic E-state index is 12.8. The minimum atomic E-state index is -2.01. The molecule has 0 heterocycles. The van der Waals surface area contributed by atoms with E-state index in [4.69, 9.17) is 14.7 Å². The van der Waals surface area contributed by atoms with Crippen molar-refractivity contribution in [3.63, 3.8) is 0 Å². The highest BCUT2D eigenvalue weighted by Crippen LogP contribution is 2.36. The number of benzene rings is 1. The average molecular weight is 355 g/mol. The summed E-state index contributed by atoms with van der Waals surface area (Å²) in [6.45, 7) is 10.6. The predicted molar refractivity (Wildman–Crippen MR) is 94.0 cm³/mol. The van der Waals surface area contributed by atoms with E-state index in [1.165, 1.54) is 24.3 Å². The van der Waals surface area contributed by atoms with E-state index >= 15 is 0 Å². The van der Waals surface area contributed by atoms with Crippen molar-refractivity contribution in [2.75, 3.05) is 13.2 Å². The lowest BCUT2D eigenvalue weighted by atomic mass is 10.2. The molecular formula is C16H26FN3O3Si. The van der Waals surface area contributed by atoms with Crippen LogP contribution in [-0.4, -0.2) is 38.8 Å². The van der Waals surface area contributed by atoms with Gasteiger partial charge in [0.1, 0.15) is 18.2 Å². The molecule has 0 amide bonds. The van der Waals surface area contributed by atoms with Gasteiger partial charge in [0.25, 0.3) is 0 Å². The molecular weight excluding hydrogens is 329 g/mol. The van der Waals surface area contributed by atoms with Gasteiger partial charge in [-0.3, -0.25) is 0 Å². The van der Waals surface area contributed by atoms with Crippen molar-refractivity contribution in [1.29, 1.82) is 0 Å². The Morgan fingerprint density at radius 3 is 2.33 bits per heavy atom. The number of nitrogens with zero attached hydrogens (tertiary/aromatic N) is 3. The Bertz CT molecular complexity index is 569. The Kier molecular flexibility index (Phi) is 7.22. The molecule has 0 aliphatic carbocycles. The second-order valence-corrected chi connectivity index (χ2v) is 12.0. The Labute approximate surface area is 143 Å². The fourth-order valence-electron chi connectivity index (χ4n) is 1.62. The van der Waals surface area contributed by atoms with Gasteiger partial charge in [-0.05, 0) is 47.9 Å². The van der Waals surface area contributed by atoms with Crippen LogP contribution in [0, 0.1) is 5.82 Å². The fourth-order valence-corrected chi connectivity index (χ4v) is 2.64. The molecule has 1 aromatic rings. The first-order valence-corrected chi connectivity index (χ1v) is 10.7. The molecule has 0 aromatic heterocycles. The highest BCUT2D eigenvalue weighted by atomic mass is 28.4. The fraction of sp³-hybridized carbons (Fsp3) is 0.625. The molecule has 1 aromatic carbocycles. The van der Waals surface area contributed by atoms with Crippen molar-refractivity contribution in [1.82, 2.24) is 0 Å². The molecule has 0 unspecified atom stereocenters. The smallest absolute Gasteiger partial charge is 0.191 e. The van der Waals surface area contributed by atoms with Crippen molar-refractivity contribution in [2.45, 2.75) is 51.0 Å². The zero-order valence-corrected chi connectivity index (χ0v) is 15.9. The number of hydrogen-bond acceptors (Lipinski definition) is 4. The topological polar surface area (TPSA) is 87.5 Å². The van der Waals surface area contributed by atoms with E-state index in [1.807, 2.05) is 0 Å². The number of rotatable bonds is 8. The van der Waals surface area contributed by atoms with Crippen LogP contribution in [0.2, 0.25) is 18.1 Å². The summed E-state index contributed by atoms with van der Waals surface area (Å²) in [6.07, 6.45) is -1.02. The van der Waals surface area contributed by atoms with Gasteiger partial charge in [0.2, 0.25) is 0 Å². The van der Waals surface area contributed by atoms with Crippen LogP contribution in [0.4, 0.5) is 4.39 Å². The summed E-state index contributed by atoms with van der Waals surface area (Å²) in [5.74, 6) is 0.0677. The van der Waals surface area contributed by atoms with Gasteiger partial charge in [-0.2, -0.15) is 0 Å². The minimum absolute atomic E-state index is 0.0173. The number of hydrogen-bond donors (Lipinski definition) is 1. The van der Waals surface area contributed by atoms with E-state index in [0.29, 0.717) is 5.75 Å². The number of halogens is 1. The molecule has 0 aliphatic heterocycles. The molecule has 0 spiro atoms. The molecule has 1 rings (SSSR count). The van der Waals surface area contributed by atoms with Crippen LogP contribution in [0.3, 0.4) is 0 Å². The first-order chi connectivity index (χ1) is 11.1. The normalized spacial score (nSPS) is 14.6. The standard InChI is InChI=1S/C16H26FN3O3Si/c1-16(2,3)24(4,5)23-10-14(19-20-18)15(21)11-22-13-8-6-12(17)7-9-13/h6-9,14-15,21H,10-11H2,1-5H3/t14-,15+/m0/s1. The average Bonchev–Trinajstić information content (AvgIpc) is 2.49. The summed E-state index contributed by atoms with van der Waals surface area (Å²) in [5, 5.41) is 13.9. The second-order valence-electron chi connectivity index (χ2n) is 7.18. The molecule has 0 saturated heterocycles. The predicted octanol–water partition coefficient (Wildman–Crippen LogP) is 4.27. The summed E-state index contributed by atoms with van der Waals surface area (Å²) in [7, 11) is -2.01. The monoisotopic (exact) mass is 355 g/mol. The summed E-state index contributed by atoms with van der Waals surface area (Å²) < 4.78 is 24.3. The highest BCUT2D eigenvalue weighted by Gasteiger charge is 2.38. The van der Waals surface area contributed by atoms with E-state index in [0.717, 1.165) is 0 Å². The molecule has 0 radical (unpaired) electrons. The molecule has 2 atom stereocenters. The van der Waals surface area contributed by atoms with Gasteiger partial charge < -0.3 is 14.3 Å². The van der Waals surface area contributed by atoms with Gasteiger partial charge in [-0.25, -0.2) is 4.39 Å². The lowest BCUT2D eigenvalue weighted by Crippen LogP contribution is -2.44. The Balaban J connectivity index is 2.63. The van der Waals surface area contributed by atoms with Crippen LogP contribution in [0.25, 0.3) is 10.4 Å². The summed E-state index contributed by atoms with van der Waals surface area (Å²) in [4.78, 5) is 2.78. The molecule has 6 nitrogen and oxygen atoms in total. The highest BCUT2D eigenvalue weighted by molar-refractivity contribution is 6.74. The van der Waals surface area contributed by atoms with Gasteiger partial charge in [0, 0.05) is 11.5 Å². The van der Waals surface area contributed by atoms with Crippen molar-refractivity contribution in [2.24, 2.45) is 5.11 Å². The van der Waals surface area contributed by atoms with Crippen molar-refractivity contribution >= 4 is 8.32 Å². The first kappa shape index (κ1) is 20.4. The molecule has 0 bridgehead atoms. The van der Waals surface area contributed by atoms with E-state index in [-0.39, 0.29) is 24.1 Å². The van der Waals surface area contributed by atoms with Crippen molar-refractivity contribution < 1.29 is 18.7 Å². The van der Waals surface area contributed by atoms with Crippen LogP contribution >= 0.6 is 0 Å². The van der Waals surface area contributed by atoms with Gasteiger partial charge in [0.05, 0.1) is 12.1 Å². The molecule has 0 fully saturated rings. The molecule has 24 heavy (non-hydrogen) atoms. The van der Waals surface area contributed by atoms with Gasteiger partial charge in [-0.15, -0.1) is 0 Å². The quantitative estimate of drug-likeness (QED) is 0.327. The Morgan fingerprint density at radius 1 is 1.25 bits per heavy atom. The third-order valence-electron chi connectivity index (χ3n) is 4.30.